The Morgan fingerprint density at radius 1 is 1.12 bits per heavy atom. The molecule has 1 N–H and O–H groups in total. The molecular weight excluding hydrogens is 346 g/mol. The largest absolute Gasteiger partial charge is 0.312 e. The van der Waals surface area contributed by atoms with Crippen LogP contribution in [0.15, 0.2) is 53.4 Å². The van der Waals surface area contributed by atoms with Crippen LogP contribution in [0.1, 0.15) is 12.8 Å². The molecule has 0 radical (unpaired) electrons. The molecule has 1 heterocycles. The molecule has 2 aromatic carbocycles. The van der Waals surface area contributed by atoms with Crippen molar-refractivity contribution < 1.29 is 18.1 Å². The second-order valence-corrected chi connectivity index (χ2v) is 7.18. The van der Waals surface area contributed by atoms with Crippen molar-refractivity contribution in [3.63, 3.8) is 0 Å². The first-order valence-electron chi connectivity index (χ1n) is 7.55. The van der Waals surface area contributed by atoms with Gasteiger partial charge in [0, 0.05) is 24.7 Å². The van der Waals surface area contributed by atoms with E-state index in [2.05, 4.69) is 4.72 Å². The molecule has 1 saturated heterocycles. The predicted molar refractivity (Wildman–Crippen MR) is 91.9 cm³/mol. The van der Waals surface area contributed by atoms with Crippen molar-refractivity contribution in [2.24, 2.45) is 0 Å². The molecule has 0 bridgehead atoms. The van der Waals surface area contributed by atoms with Crippen LogP contribution in [0, 0.1) is 10.1 Å². The second kappa shape index (κ2) is 6.52. The van der Waals surface area contributed by atoms with E-state index in [-0.39, 0.29) is 11.6 Å². The van der Waals surface area contributed by atoms with E-state index in [1.807, 2.05) is 0 Å². The van der Waals surface area contributed by atoms with Gasteiger partial charge in [-0.25, -0.2) is 8.42 Å². The first-order valence-corrected chi connectivity index (χ1v) is 9.03. The van der Waals surface area contributed by atoms with Crippen molar-refractivity contribution in [1.29, 1.82) is 0 Å². The third-order valence-corrected chi connectivity index (χ3v) is 5.26. The quantitative estimate of drug-likeness (QED) is 0.650. The molecule has 1 aliphatic heterocycles. The highest BCUT2D eigenvalue weighted by atomic mass is 32.2. The molecule has 0 spiro atoms. The van der Waals surface area contributed by atoms with Crippen LogP contribution in [0.2, 0.25) is 0 Å². The maximum absolute atomic E-state index is 12.5. The van der Waals surface area contributed by atoms with Crippen molar-refractivity contribution in [3.8, 4) is 0 Å². The molecule has 0 saturated carbocycles. The molecule has 0 atom stereocenters. The zero-order valence-corrected chi connectivity index (χ0v) is 13.9. The molecule has 25 heavy (non-hydrogen) atoms. The highest BCUT2D eigenvalue weighted by Gasteiger charge is 2.26. The summed E-state index contributed by atoms with van der Waals surface area (Å²) in [5.74, 6) is -0.0151. The summed E-state index contributed by atoms with van der Waals surface area (Å²) in [5, 5.41) is 11.1. The Morgan fingerprint density at radius 3 is 2.56 bits per heavy atom. The molecule has 1 fully saturated rings. The van der Waals surface area contributed by atoms with Crippen molar-refractivity contribution in [1.82, 2.24) is 0 Å². The summed E-state index contributed by atoms with van der Waals surface area (Å²) >= 11 is 0. The van der Waals surface area contributed by atoms with Crippen molar-refractivity contribution >= 4 is 33.0 Å². The number of para-hydroxylation sites is 1. The minimum Gasteiger partial charge on any atom is -0.312 e. The van der Waals surface area contributed by atoms with Crippen molar-refractivity contribution in [3.05, 3.63) is 58.6 Å². The summed E-state index contributed by atoms with van der Waals surface area (Å²) in [6.07, 6.45) is 1.22. The minimum atomic E-state index is -4.14. The molecule has 0 unspecified atom stereocenters. The van der Waals surface area contributed by atoms with Crippen LogP contribution in [0.3, 0.4) is 0 Å². The van der Waals surface area contributed by atoms with Crippen LogP contribution in [-0.4, -0.2) is 25.8 Å². The molecule has 1 amide bonds. The summed E-state index contributed by atoms with van der Waals surface area (Å²) in [5.41, 5.74) is 0.321. The number of hydrogen-bond acceptors (Lipinski definition) is 5. The minimum absolute atomic E-state index is 0.0151. The molecule has 2 aromatic rings. The smallest absolute Gasteiger partial charge is 0.289 e. The van der Waals surface area contributed by atoms with Crippen LogP contribution < -0.4 is 9.62 Å². The number of sulfonamides is 1. The van der Waals surface area contributed by atoms with E-state index in [1.54, 1.807) is 17.0 Å². The van der Waals surface area contributed by atoms with E-state index in [4.69, 9.17) is 0 Å². The van der Waals surface area contributed by atoms with Gasteiger partial charge in [-0.3, -0.25) is 19.6 Å². The second-order valence-electron chi connectivity index (χ2n) is 5.53. The van der Waals surface area contributed by atoms with Crippen LogP contribution >= 0.6 is 0 Å². The van der Waals surface area contributed by atoms with Gasteiger partial charge in [0.05, 0.1) is 10.6 Å². The Kier molecular flexibility index (Phi) is 4.41. The predicted octanol–water partition coefficient (Wildman–Crippen LogP) is 2.52. The van der Waals surface area contributed by atoms with E-state index in [9.17, 15) is 23.3 Å². The fourth-order valence-electron chi connectivity index (χ4n) is 2.70. The van der Waals surface area contributed by atoms with Gasteiger partial charge in [0.25, 0.3) is 15.7 Å². The number of carbonyl (C=O) groups excluding carboxylic acids is 1. The maximum atomic E-state index is 12.5. The van der Waals surface area contributed by atoms with Gasteiger partial charge in [-0.2, -0.15) is 0 Å². The Balaban J connectivity index is 1.92. The first-order chi connectivity index (χ1) is 11.9. The van der Waals surface area contributed by atoms with Gasteiger partial charge < -0.3 is 4.90 Å². The van der Waals surface area contributed by atoms with E-state index in [1.165, 1.54) is 30.3 Å². The van der Waals surface area contributed by atoms with Gasteiger partial charge in [0.15, 0.2) is 4.90 Å². The van der Waals surface area contributed by atoms with Gasteiger partial charge in [0.1, 0.15) is 0 Å². The number of nitrogens with one attached hydrogen (secondary N) is 1. The number of nitro benzene ring substituents is 1. The molecule has 9 heteroatoms. The number of carbonyl (C=O) groups is 1. The molecule has 3 rings (SSSR count). The normalized spacial score (nSPS) is 14.6. The summed E-state index contributed by atoms with van der Waals surface area (Å²) in [6.45, 7) is 0.583. The Labute approximate surface area is 144 Å². The lowest BCUT2D eigenvalue weighted by Gasteiger charge is -2.17. The van der Waals surface area contributed by atoms with Gasteiger partial charge >= 0.3 is 0 Å². The van der Waals surface area contributed by atoms with Gasteiger partial charge in [0.2, 0.25) is 5.91 Å². The molecular formula is C16H15N3O5S. The number of benzene rings is 2. The molecule has 0 aromatic heterocycles. The van der Waals surface area contributed by atoms with Gasteiger partial charge in [-0.05, 0) is 30.7 Å². The van der Waals surface area contributed by atoms with E-state index in [0.717, 1.165) is 12.5 Å². The van der Waals surface area contributed by atoms with E-state index >= 15 is 0 Å². The monoisotopic (exact) mass is 361 g/mol. The number of rotatable bonds is 5. The van der Waals surface area contributed by atoms with E-state index < -0.39 is 25.5 Å². The molecule has 1 aliphatic rings. The van der Waals surface area contributed by atoms with E-state index in [0.29, 0.717) is 18.7 Å². The average Bonchev–Trinajstić information content (AvgIpc) is 3.01. The number of nitrogens with zero attached hydrogens (tertiary/aromatic N) is 2. The summed E-state index contributed by atoms with van der Waals surface area (Å²) in [4.78, 5) is 23.3. The van der Waals surface area contributed by atoms with Crippen molar-refractivity contribution in [2.75, 3.05) is 16.2 Å². The zero-order valence-electron chi connectivity index (χ0n) is 13.1. The van der Waals surface area contributed by atoms with Crippen molar-refractivity contribution in [2.45, 2.75) is 17.7 Å². The number of amides is 1. The lowest BCUT2D eigenvalue weighted by Crippen LogP contribution is -2.23. The fraction of sp³-hybridized carbons (Fsp3) is 0.188. The van der Waals surface area contributed by atoms with Crippen LogP contribution in [0.4, 0.5) is 17.1 Å². The van der Waals surface area contributed by atoms with Crippen LogP contribution in [-0.2, 0) is 14.8 Å². The molecule has 130 valence electrons. The van der Waals surface area contributed by atoms with Crippen LogP contribution in [0.5, 0.6) is 0 Å². The van der Waals surface area contributed by atoms with Crippen LogP contribution in [0.25, 0.3) is 0 Å². The average molecular weight is 361 g/mol. The highest BCUT2D eigenvalue weighted by molar-refractivity contribution is 7.92. The number of anilines is 2. The summed E-state index contributed by atoms with van der Waals surface area (Å²) < 4.78 is 27.4. The summed E-state index contributed by atoms with van der Waals surface area (Å²) in [6, 6.07) is 11.5. The van der Waals surface area contributed by atoms with Gasteiger partial charge in [-0.15, -0.1) is 0 Å². The third kappa shape index (κ3) is 3.45. The van der Waals surface area contributed by atoms with Gasteiger partial charge in [-0.1, -0.05) is 18.2 Å². The number of nitro groups is 1. The highest BCUT2D eigenvalue weighted by Crippen LogP contribution is 2.28. The number of hydrogen-bond donors (Lipinski definition) is 1. The Bertz CT molecular complexity index is 942. The topological polar surface area (TPSA) is 110 Å². The maximum Gasteiger partial charge on any atom is 0.289 e. The Hall–Kier alpha value is -2.94. The SMILES string of the molecule is O=C1CCCN1c1cccc(NS(=O)(=O)c2ccccc2[N+](=O)[O-])c1. The lowest BCUT2D eigenvalue weighted by molar-refractivity contribution is -0.387. The first kappa shape index (κ1) is 16.9. The summed E-state index contributed by atoms with van der Waals surface area (Å²) in [7, 11) is -4.14. The molecule has 0 aliphatic carbocycles. The third-order valence-electron chi connectivity index (χ3n) is 3.83. The fourth-order valence-corrected chi connectivity index (χ4v) is 3.93. The zero-order chi connectivity index (χ0) is 18.0. The Morgan fingerprint density at radius 2 is 1.88 bits per heavy atom. The molecule has 8 nitrogen and oxygen atoms in total. The lowest BCUT2D eigenvalue weighted by atomic mass is 10.2. The standard InChI is InChI=1S/C16H15N3O5S/c20-16-9-4-10-18(16)13-6-3-5-12(11-13)17-25(23,24)15-8-2-1-7-14(15)19(21)22/h1-3,5-8,11,17H,4,9-10H2.